The number of hydrogen-bond acceptors (Lipinski definition) is 7. The summed E-state index contributed by atoms with van der Waals surface area (Å²) in [6.07, 6.45) is 1.59. The van der Waals surface area contributed by atoms with Crippen molar-refractivity contribution >= 4 is 52.2 Å². The van der Waals surface area contributed by atoms with Gasteiger partial charge in [0.1, 0.15) is 0 Å². The molecular weight excluding hydrogens is 430 g/mol. The van der Waals surface area contributed by atoms with Crippen LogP contribution in [0.1, 0.15) is 12.5 Å². The lowest BCUT2D eigenvalue weighted by Crippen LogP contribution is -2.27. The van der Waals surface area contributed by atoms with Crippen LogP contribution in [0.15, 0.2) is 47.4 Å². The van der Waals surface area contributed by atoms with Gasteiger partial charge >= 0.3 is 5.97 Å². The van der Waals surface area contributed by atoms with Crippen LogP contribution in [-0.4, -0.2) is 37.4 Å². The van der Waals surface area contributed by atoms with Crippen LogP contribution in [0.4, 0.5) is 10.5 Å². The number of anilines is 1. The van der Waals surface area contributed by atoms with Crippen molar-refractivity contribution in [2.45, 2.75) is 6.92 Å². The summed E-state index contributed by atoms with van der Waals surface area (Å²) >= 11 is 6.81. The lowest BCUT2D eigenvalue weighted by molar-refractivity contribution is -0.145. The van der Waals surface area contributed by atoms with Crippen molar-refractivity contribution < 1.29 is 28.6 Å². The second-order valence-electron chi connectivity index (χ2n) is 6.00. The minimum Gasteiger partial charge on any atom is -0.493 e. The minimum atomic E-state index is -0.488. The fourth-order valence-corrected chi connectivity index (χ4v) is 3.72. The first kappa shape index (κ1) is 21.7. The van der Waals surface area contributed by atoms with Crippen molar-refractivity contribution in [3.8, 4) is 11.5 Å². The molecule has 9 heteroatoms. The third-order valence-electron chi connectivity index (χ3n) is 4.00. The Morgan fingerprint density at radius 1 is 1.17 bits per heavy atom. The van der Waals surface area contributed by atoms with E-state index in [4.69, 9.17) is 25.8 Å². The van der Waals surface area contributed by atoms with Crippen LogP contribution in [0.5, 0.6) is 11.5 Å². The number of ether oxygens (including phenoxy) is 3. The van der Waals surface area contributed by atoms with E-state index in [0.29, 0.717) is 27.8 Å². The number of esters is 1. The molecule has 2 aromatic rings. The van der Waals surface area contributed by atoms with E-state index in [-0.39, 0.29) is 18.1 Å². The largest absolute Gasteiger partial charge is 0.493 e. The van der Waals surface area contributed by atoms with E-state index < -0.39 is 17.1 Å². The molecule has 1 aliphatic rings. The molecular formula is C21H18ClNO6S. The van der Waals surface area contributed by atoms with Crippen molar-refractivity contribution in [2.75, 3.05) is 25.2 Å². The molecule has 0 atom stereocenters. The summed E-state index contributed by atoms with van der Waals surface area (Å²) in [5.41, 5.74) is 1.04. The van der Waals surface area contributed by atoms with Gasteiger partial charge in [-0.05, 0) is 60.7 Å². The fourth-order valence-electron chi connectivity index (χ4n) is 2.69. The monoisotopic (exact) mass is 447 g/mol. The van der Waals surface area contributed by atoms with Gasteiger partial charge in [0.05, 0.1) is 24.3 Å². The Hall–Kier alpha value is -2.97. The predicted molar refractivity (Wildman–Crippen MR) is 115 cm³/mol. The Labute approximate surface area is 182 Å². The van der Waals surface area contributed by atoms with Crippen LogP contribution in [0, 0.1) is 0 Å². The maximum atomic E-state index is 12.8. The maximum absolute atomic E-state index is 12.8. The Morgan fingerprint density at radius 2 is 1.97 bits per heavy atom. The molecule has 1 aliphatic heterocycles. The summed E-state index contributed by atoms with van der Waals surface area (Å²) in [5, 5.41) is 0.0218. The highest BCUT2D eigenvalue weighted by molar-refractivity contribution is 8.19. The average molecular weight is 448 g/mol. The van der Waals surface area contributed by atoms with E-state index in [1.807, 2.05) is 0 Å². The van der Waals surface area contributed by atoms with Crippen LogP contribution in [-0.2, 0) is 14.3 Å². The molecule has 30 heavy (non-hydrogen) atoms. The van der Waals surface area contributed by atoms with Gasteiger partial charge in [-0.2, -0.15) is 0 Å². The van der Waals surface area contributed by atoms with Gasteiger partial charge in [0.25, 0.3) is 11.1 Å². The van der Waals surface area contributed by atoms with Crippen molar-refractivity contribution in [3.05, 3.63) is 58.0 Å². The summed E-state index contributed by atoms with van der Waals surface area (Å²) in [5.74, 6) is -0.191. The molecule has 0 unspecified atom stereocenters. The van der Waals surface area contributed by atoms with Crippen LogP contribution in [0.2, 0.25) is 5.02 Å². The van der Waals surface area contributed by atoms with Crippen molar-refractivity contribution in [3.63, 3.8) is 0 Å². The molecule has 1 fully saturated rings. The molecule has 0 aliphatic carbocycles. The number of carbonyl (C=O) groups is 3. The zero-order chi connectivity index (χ0) is 21.7. The summed E-state index contributed by atoms with van der Waals surface area (Å²) < 4.78 is 15.6. The highest BCUT2D eigenvalue weighted by Crippen LogP contribution is 2.37. The first-order chi connectivity index (χ1) is 14.4. The lowest BCUT2D eigenvalue weighted by Gasteiger charge is -2.12. The number of rotatable bonds is 7. The predicted octanol–water partition coefficient (Wildman–Crippen LogP) is 4.53. The molecule has 0 aromatic heterocycles. The summed E-state index contributed by atoms with van der Waals surface area (Å²) in [4.78, 5) is 37.9. The number of benzene rings is 2. The van der Waals surface area contributed by atoms with Crippen LogP contribution >= 0.6 is 23.4 Å². The van der Waals surface area contributed by atoms with E-state index in [0.717, 1.165) is 16.7 Å². The summed E-state index contributed by atoms with van der Waals surface area (Å²) in [7, 11) is 1.46. The Kier molecular flexibility index (Phi) is 7.02. The molecule has 2 aromatic carbocycles. The molecule has 3 rings (SSSR count). The number of nitrogens with zero attached hydrogens (tertiary/aromatic N) is 1. The van der Waals surface area contributed by atoms with Crippen molar-refractivity contribution in [1.29, 1.82) is 0 Å². The van der Waals surface area contributed by atoms with Gasteiger partial charge in [0, 0.05) is 5.02 Å². The molecule has 1 saturated heterocycles. The number of hydrogen-bond donors (Lipinski definition) is 0. The van der Waals surface area contributed by atoms with Crippen molar-refractivity contribution in [1.82, 2.24) is 0 Å². The smallest absolute Gasteiger partial charge is 0.344 e. The zero-order valence-electron chi connectivity index (χ0n) is 16.2. The maximum Gasteiger partial charge on any atom is 0.344 e. The van der Waals surface area contributed by atoms with Crippen LogP contribution in [0.3, 0.4) is 0 Å². The Bertz CT molecular complexity index is 1020. The van der Waals surface area contributed by atoms with Gasteiger partial charge in [-0.15, -0.1) is 0 Å². The van der Waals surface area contributed by atoms with Gasteiger partial charge in [-0.3, -0.25) is 9.59 Å². The Balaban J connectivity index is 1.80. The van der Waals surface area contributed by atoms with Gasteiger partial charge in [-0.1, -0.05) is 23.7 Å². The first-order valence-corrected chi connectivity index (χ1v) is 10.1. The van der Waals surface area contributed by atoms with Crippen LogP contribution < -0.4 is 14.4 Å². The van der Waals surface area contributed by atoms with E-state index >= 15 is 0 Å². The molecule has 156 valence electrons. The number of amides is 2. The lowest BCUT2D eigenvalue weighted by atomic mass is 10.2. The summed E-state index contributed by atoms with van der Waals surface area (Å²) in [6, 6.07) is 11.5. The van der Waals surface area contributed by atoms with E-state index in [9.17, 15) is 14.4 Å². The van der Waals surface area contributed by atoms with Gasteiger partial charge in [0.15, 0.2) is 18.1 Å². The normalized spacial score (nSPS) is 14.9. The molecule has 0 spiro atoms. The van der Waals surface area contributed by atoms with Gasteiger partial charge < -0.3 is 14.2 Å². The minimum absolute atomic E-state index is 0.248. The first-order valence-electron chi connectivity index (χ1n) is 8.93. The fraction of sp³-hybridized carbons (Fsp3) is 0.190. The highest BCUT2D eigenvalue weighted by Gasteiger charge is 2.36. The number of halogens is 1. The van der Waals surface area contributed by atoms with Crippen LogP contribution in [0.25, 0.3) is 6.08 Å². The number of imide groups is 1. The second-order valence-corrected chi connectivity index (χ2v) is 7.43. The molecule has 0 saturated carbocycles. The zero-order valence-corrected chi connectivity index (χ0v) is 17.8. The number of carbonyl (C=O) groups excluding carboxylic acids is 3. The average Bonchev–Trinajstić information content (AvgIpc) is 3.00. The van der Waals surface area contributed by atoms with E-state index in [1.54, 1.807) is 55.5 Å². The highest BCUT2D eigenvalue weighted by atomic mass is 35.5. The summed E-state index contributed by atoms with van der Waals surface area (Å²) in [6.45, 7) is 1.73. The van der Waals surface area contributed by atoms with E-state index in [2.05, 4.69) is 0 Å². The standard InChI is InChI=1S/C21H18ClNO6S/c1-3-28-19(24)12-29-16-8-7-13(9-17(16)27-2)10-18-20(25)23(21(26)30-18)15-6-4-5-14(22)11-15/h4-11H,3,12H2,1-2H3/b18-10-. The SMILES string of the molecule is CCOC(=O)COc1ccc(/C=C2\SC(=O)N(c3cccc(Cl)c3)C2=O)cc1OC. The van der Waals surface area contributed by atoms with Gasteiger partial charge in [0.2, 0.25) is 0 Å². The van der Waals surface area contributed by atoms with E-state index in [1.165, 1.54) is 7.11 Å². The van der Waals surface area contributed by atoms with Gasteiger partial charge in [-0.25, -0.2) is 9.69 Å². The second kappa shape index (κ2) is 9.69. The quantitative estimate of drug-likeness (QED) is 0.455. The topological polar surface area (TPSA) is 82.1 Å². The number of methoxy groups -OCH3 is 1. The molecule has 7 nitrogen and oxygen atoms in total. The Morgan fingerprint density at radius 3 is 2.67 bits per heavy atom. The third-order valence-corrected chi connectivity index (χ3v) is 5.10. The van der Waals surface area contributed by atoms with Crippen molar-refractivity contribution in [2.24, 2.45) is 0 Å². The molecule has 1 heterocycles. The molecule has 0 radical (unpaired) electrons. The molecule has 0 bridgehead atoms. The molecule has 0 N–H and O–H groups in total. The number of thioether (sulfide) groups is 1. The third kappa shape index (κ3) is 4.95. The molecule has 2 amide bonds.